The maximum atomic E-state index is 12.5. The summed E-state index contributed by atoms with van der Waals surface area (Å²) in [5.41, 5.74) is 2.88. The number of nitrogens with zero attached hydrogens (tertiary/aromatic N) is 3. The van der Waals surface area contributed by atoms with E-state index in [0.29, 0.717) is 12.2 Å². The molecule has 5 rings (SSSR count). The van der Waals surface area contributed by atoms with E-state index in [0.717, 1.165) is 32.2 Å². The van der Waals surface area contributed by atoms with Crippen molar-refractivity contribution in [1.82, 2.24) is 14.8 Å². The fraction of sp³-hybridized carbons (Fsp3) is 0.150. The van der Waals surface area contributed by atoms with Crippen molar-refractivity contribution in [2.45, 2.75) is 12.3 Å². The second-order valence-electron chi connectivity index (χ2n) is 6.37. The lowest BCUT2D eigenvalue weighted by Crippen LogP contribution is -2.24. The molecule has 0 saturated carbocycles. The monoisotopic (exact) mass is 376 g/mol. The fourth-order valence-electron chi connectivity index (χ4n) is 3.55. The number of amides is 1. The molecular weight excluding hydrogens is 360 g/mol. The maximum absolute atomic E-state index is 12.5. The number of aromatic nitrogens is 3. The number of ether oxygens (including phenoxy) is 1. The van der Waals surface area contributed by atoms with Crippen molar-refractivity contribution < 1.29 is 9.53 Å². The third kappa shape index (κ3) is 2.59. The molecule has 1 N–H and O–H groups in total. The molecule has 0 radical (unpaired) electrons. The molecule has 1 aliphatic rings. The van der Waals surface area contributed by atoms with E-state index in [1.807, 2.05) is 54.7 Å². The molecule has 0 spiro atoms. The number of hydrogen-bond acceptors (Lipinski definition) is 5. The highest BCUT2D eigenvalue weighted by atomic mass is 32.1. The van der Waals surface area contributed by atoms with Crippen LogP contribution in [-0.2, 0) is 4.79 Å². The van der Waals surface area contributed by atoms with Gasteiger partial charge in [-0.15, -0.1) is 0 Å². The normalized spacial score (nSPS) is 16.2. The molecule has 1 unspecified atom stereocenters. The number of fused-ring (bicyclic) bond motifs is 2. The summed E-state index contributed by atoms with van der Waals surface area (Å²) in [5.74, 6) is 1.31. The smallest absolute Gasteiger partial charge is 0.226 e. The second kappa shape index (κ2) is 6.21. The summed E-state index contributed by atoms with van der Waals surface area (Å²) in [7, 11) is 1.65. The number of rotatable bonds is 3. The minimum absolute atomic E-state index is 0.0405. The first-order valence-electron chi connectivity index (χ1n) is 8.61. The van der Waals surface area contributed by atoms with Crippen LogP contribution in [0.15, 0.2) is 54.7 Å². The van der Waals surface area contributed by atoms with Crippen LogP contribution in [0.2, 0.25) is 0 Å². The average Bonchev–Trinajstić information content (AvgIpc) is 3.30. The van der Waals surface area contributed by atoms with Gasteiger partial charge < -0.3 is 10.1 Å². The van der Waals surface area contributed by atoms with E-state index in [4.69, 9.17) is 4.74 Å². The van der Waals surface area contributed by atoms with E-state index in [1.165, 1.54) is 0 Å². The first-order valence-corrected chi connectivity index (χ1v) is 9.43. The number of hydrogen-bond donors (Lipinski definition) is 1. The Bertz CT molecular complexity index is 1130. The molecule has 134 valence electrons. The Hall–Kier alpha value is -3.19. The minimum Gasteiger partial charge on any atom is -0.496 e. The molecule has 0 fully saturated rings. The summed E-state index contributed by atoms with van der Waals surface area (Å²) in [6.45, 7) is 0. The van der Waals surface area contributed by atoms with Crippen LogP contribution in [0.25, 0.3) is 15.3 Å². The lowest BCUT2D eigenvalue weighted by molar-refractivity contribution is -0.116. The molecule has 0 saturated heterocycles. The Morgan fingerprint density at radius 3 is 2.81 bits per heavy atom. The van der Waals surface area contributed by atoms with Crippen LogP contribution in [0.4, 0.5) is 5.82 Å². The van der Waals surface area contributed by atoms with Gasteiger partial charge in [0.15, 0.2) is 0 Å². The van der Waals surface area contributed by atoms with Crippen molar-refractivity contribution in [3.05, 3.63) is 65.9 Å². The van der Waals surface area contributed by atoms with Gasteiger partial charge in [-0.25, -0.2) is 4.98 Å². The summed E-state index contributed by atoms with van der Waals surface area (Å²) in [6.07, 6.45) is 2.18. The highest BCUT2D eigenvalue weighted by Crippen LogP contribution is 2.41. The summed E-state index contributed by atoms with van der Waals surface area (Å²) >= 11 is 1.55. The molecule has 4 aromatic rings. The standard InChI is InChI=1S/C20H16N4O2S/c1-26-16-8-4-2-6-12(16)13-10-18(25)23-19-14(13)11-21-24(19)20-22-15-7-3-5-9-17(15)27-20/h2-9,11,13H,10H2,1H3,(H,23,25). The largest absolute Gasteiger partial charge is 0.496 e. The number of anilines is 1. The lowest BCUT2D eigenvalue weighted by Gasteiger charge is -2.24. The molecule has 7 heteroatoms. The van der Waals surface area contributed by atoms with E-state index in [-0.39, 0.29) is 11.8 Å². The summed E-state index contributed by atoms with van der Waals surface area (Å²) < 4.78 is 8.32. The molecule has 1 amide bonds. The van der Waals surface area contributed by atoms with Gasteiger partial charge in [0.05, 0.1) is 23.5 Å². The fourth-order valence-corrected chi connectivity index (χ4v) is 4.48. The van der Waals surface area contributed by atoms with Gasteiger partial charge in [0.2, 0.25) is 11.0 Å². The van der Waals surface area contributed by atoms with E-state index in [1.54, 1.807) is 23.1 Å². The summed E-state index contributed by atoms with van der Waals surface area (Å²) in [5, 5.41) is 8.25. The molecule has 1 atom stereocenters. The summed E-state index contributed by atoms with van der Waals surface area (Å²) in [4.78, 5) is 17.1. The van der Waals surface area contributed by atoms with Crippen molar-refractivity contribution in [3.63, 3.8) is 0 Å². The number of benzene rings is 2. The van der Waals surface area contributed by atoms with Crippen LogP contribution >= 0.6 is 11.3 Å². The number of carbonyl (C=O) groups is 1. The van der Waals surface area contributed by atoms with Crippen molar-refractivity contribution in [1.29, 1.82) is 0 Å². The third-order valence-electron chi connectivity index (χ3n) is 4.80. The molecule has 6 nitrogen and oxygen atoms in total. The van der Waals surface area contributed by atoms with Crippen LogP contribution in [0.3, 0.4) is 0 Å². The first-order chi connectivity index (χ1) is 13.2. The zero-order valence-corrected chi connectivity index (χ0v) is 15.4. The Balaban J connectivity index is 1.65. The summed E-state index contributed by atoms with van der Waals surface area (Å²) in [6, 6.07) is 15.8. The third-order valence-corrected chi connectivity index (χ3v) is 5.81. The SMILES string of the molecule is COc1ccccc1C1CC(=O)Nc2c1cnn2-c1nc2ccccc2s1. The van der Waals surface area contributed by atoms with Crippen LogP contribution in [0.5, 0.6) is 5.75 Å². The van der Waals surface area contributed by atoms with Gasteiger partial charge in [-0.2, -0.15) is 9.78 Å². The van der Waals surface area contributed by atoms with Crippen molar-refractivity contribution in [2.24, 2.45) is 0 Å². The molecule has 2 aromatic carbocycles. The first kappa shape index (κ1) is 16.0. The number of methoxy groups -OCH3 is 1. The number of para-hydroxylation sites is 2. The van der Waals surface area contributed by atoms with Gasteiger partial charge in [0.25, 0.3) is 0 Å². The van der Waals surface area contributed by atoms with Gasteiger partial charge in [-0.1, -0.05) is 41.7 Å². The molecular formula is C20H16N4O2S. The van der Waals surface area contributed by atoms with Crippen LogP contribution in [0, 0.1) is 0 Å². The van der Waals surface area contributed by atoms with E-state index >= 15 is 0 Å². The van der Waals surface area contributed by atoms with Gasteiger partial charge >= 0.3 is 0 Å². The topological polar surface area (TPSA) is 69.0 Å². The number of thiazole rings is 1. The van der Waals surface area contributed by atoms with Crippen molar-refractivity contribution >= 4 is 33.3 Å². The average molecular weight is 376 g/mol. The molecule has 3 heterocycles. The lowest BCUT2D eigenvalue weighted by atomic mass is 9.87. The highest BCUT2D eigenvalue weighted by molar-refractivity contribution is 7.20. The van der Waals surface area contributed by atoms with Gasteiger partial charge in [0, 0.05) is 23.5 Å². The van der Waals surface area contributed by atoms with Crippen LogP contribution < -0.4 is 10.1 Å². The second-order valence-corrected chi connectivity index (χ2v) is 7.38. The Kier molecular flexibility index (Phi) is 3.68. The number of carbonyl (C=O) groups excluding carboxylic acids is 1. The van der Waals surface area contributed by atoms with Crippen LogP contribution in [0.1, 0.15) is 23.5 Å². The molecule has 1 aliphatic heterocycles. The predicted octanol–water partition coefficient (Wildman–Crippen LogP) is 3.96. The number of nitrogens with one attached hydrogen (secondary N) is 1. The Morgan fingerprint density at radius 1 is 1.15 bits per heavy atom. The zero-order chi connectivity index (χ0) is 18.4. The van der Waals surface area contributed by atoms with Crippen molar-refractivity contribution in [2.75, 3.05) is 12.4 Å². The maximum Gasteiger partial charge on any atom is 0.226 e. The van der Waals surface area contributed by atoms with E-state index < -0.39 is 0 Å². The van der Waals surface area contributed by atoms with Crippen LogP contribution in [-0.4, -0.2) is 27.8 Å². The predicted molar refractivity (Wildman–Crippen MR) is 105 cm³/mol. The van der Waals surface area contributed by atoms with Crippen molar-refractivity contribution in [3.8, 4) is 10.9 Å². The van der Waals surface area contributed by atoms with Gasteiger partial charge in [-0.3, -0.25) is 4.79 Å². The Labute approximate surface area is 159 Å². The Morgan fingerprint density at radius 2 is 1.96 bits per heavy atom. The molecule has 2 aromatic heterocycles. The highest BCUT2D eigenvalue weighted by Gasteiger charge is 2.32. The minimum atomic E-state index is -0.104. The molecule has 0 aliphatic carbocycles. The quantitative estimate of drug-likeness (QED) is 0.587. The molecule has 27 heavy (non-hydrogen) atoms. The van der Waals surface area contributed by atoms with Gasteiger partial charge in [-0.05, 0) is 18.2 Å². The molecule has 0 bridgehead atoms. The van der Waals surface area contributed by atoms with E-state index in [2.05, 4.69) is 15.4 Å². The zero-order valence-electron chi connectivity index (χ0n) is 14.5. The van der Waals surface area contributed by atoms with Gasteiger partial charge in [0.1, 0.15) is 11.6 Å². The van der Waals surface area contributed by atoms with E-state index in [9.17, 15) is 4.79 Å².